The molecule has 0 radical (unpaired) electrons. The van der Waals surface area contributed by atoms with Crippen LogP contribution in [0.15, 0.2) is 24.1 Å². The molecule has 0 saturated carbocycles. The molecule has 0 unspecified atom stereocenters. The molecule has 0 bridgehead atoms. The molecule has 9 heteroatoms. The minimum Gasteiger partial charge on any atom is -0.352 e. The Labute approximate surface area is 143 Å². The number of hydrogen-bond acceptors (Lipinski definition) is 8. The van der Waals surface area contributed by atoms with Crippen molar-refractivity contribution >= 4 is 33.3 Å². The largest absolute Gasteiger partial charge is 0.352 e. The van der Waals surface area contributed by atoms with Crippen LogP contribution in [0.3, 0.4) is 0 Å². The Balaban J connectivity index is 1.55. The summed E-state index contributed by atoms with van der Waals surface area (Å²) in [7, 11) is 0. The van der Waals surface area contributed by atoms with E-state index in [0.29, 0.717) is 13.0 Å². The van der Waals surface area contributed by atoms with Gasteiger partial charge >= 0.3 is 0 Å². The molecule has 1 saturated heterocycles. The van der Waals surface area contributed by atoms with Crippen LogP contribution in [-0.4, -0.2) is 50.9 Å². The van der Waals surface area contributed by atoms with Crippen LogP contribution in [0.1, 0.15) is 6.42 Å². The molecule has 8 nitrogen and oxygen atoms in total. The van der Waals surface area contributed by atoms with Gasteiger partial charge in [0.05, 0.1) is 30.6 Å². The molecule has 0 amide bonds. The van der Waals surface area contributed by atoms with E-state index in [0.717, 1.165) is 48.2 Å². The van der Waals surface area contributed by atoms with E-state index in [4.69, 9.17) is 5.26 Å². The van der Waals surface area contributed by atoms with Crippen LogP contribution in [0.5, 0.6) is 0 Å². The van der Waals surface area contributed by atoms with Crippen molar-refractivity contribution in [1.82, 2.24) is 24.7 Å². The van der Waals surface area contributed by atoms with Crippen LogP contribution in [0, 0.1) is 11.3 Å². The van der Waals surface area contributed by atoms with Crippen molar-refractivity contribution in [3.05, 3.63) is 24.1 Å². The molecule has 1 aliphatic rings. The van der Waals surface area contributed by atoms with E-state index in [1.807, 2.05) is 11.6 Å². The molecule has 0 aliphatic carbocycles. The Morgan fingerprint density at radius 2 is 1.96 bits per heavy atom. The fourth-order valence-electron chi connectivity index (χ4n) is 2.93. The van der Waals surface area contributed by atoms with E-state index in [-0.39, 0.29) is 0 Å². The van der Waals surface area contributed by atoms with Gasteiger partial charge in [0, 0.05) is 37.8 Å². The standard InChI is InChI=1S/C15H16N8S/c16-2-1-4-23-14-12(10-20-23)13(18-11-19-14)21-5-7-22(8-6-21)15-17-3-9-24-15/h3,9-11H,1,4-8H2. The van der Waals surface area contributed by atoms with E-state index < -0.39 is 0 Å². The number of hydrogen-bond donors (Lipinski definition) is 0. The van der Waals surface area contributed by atoms with Gasteiger partial charge in [0.2, 0.25) is 0 Å². The highest BCUT2D eigenvalue weighted by Gasteiger charge is 2.22. The molecule has 4 rings (SSSR count). The van der Waals surface area contributed by atoms with Crippen LogP contribution in [-0.2, 0) is 6.54 Å². The molecule has 0 spiro atoms. The summed E-state index contributed by atoms with van der Waals surface area (Å²) in [6.45, 7) is 4.15. The number of thiazole rings is 1. The first kappa shape index (κ1) is 14.8. The van der Waals surface area contributed by atoms with Gasteiger partial charge in [-0.1, -0.05) is 0 Å². The number of anilines is 2. The summed E-state index contributed by atoms with van der Waals surface area (Å²) in [5.41, 5.74) is 0.789. The van der Waals surface area contributed by atoms with Crippen LogP contribution in [0.4, 0.5) is 10.9 Å². The van der Waals surface area contributed by atoms with Gasteiger partial charge in [0.15, 0.2) is 10.8 Å². The van der Waals surface area contributed by atoms with Gasteiger partial charge in [-0.3, -0.25) is 0 Å². The molecule has 0 aromatic carbocycles. The van der Waals surface area contributed by atoms with E-state index in [1.165, 1.54) is 0 Å². The first-order valence-corrected chi connectivity index (χ1v) is 8.67. The summed E-state index contributed by atoms with van der Waals surface area (Å²) in [5.74, 6) is 0.919. The Hall–Kier alpha value is -2.73. The van der Waals surface area contributed by atoms with Crippen molar-refractivity contribution in [3.8, 4) is 6.07 Å². The molecule has 0 atom stereocenters. The predicted molar refractivity (Wildman–Crippen MR) is 92.1 cm³/mol. The van der Waals surface area contributed by atoms with Gasteiger partial charge in [0.25, 0.3) is 0 Å². The van der Waals surface area contributed by atoms with E-state index in [9.17, 15) is 0 Å². The second kappa shape index (κ2) is 6.41. The van der Waals surface area contributed by atoms with E-state index in [2.05, 4.69) is 35.9 Å². The van der Waals surface area contributed by atoms with Crippen molar-refractivity contribution in [2.24, 2.45) is 0 Å². The molecule has 122 valence electrons. The Morgan fingerprint density at radius 3 is 2.71 bits per heavy atom. The zero-order chi connectivity index (χ0) is 16.4. The van der Waals surface area contributed by atoms with Gasteiger partial charge in [-0.2, -0.15) is 10.4 Å². The maximum atomic E-state index is 8.76. The monoisotopic (exact) mass is 340 g/mol. The fourth-order valence-corrected chi connectivity index (χ4v) is 3.63. The number of nitrogens with zero attached hydrogens (tertiary/aromatic N) is 8. The summed E-state index contributed by atoms with van der Waals surface area (Å²) in [6, 6.07) is 2.14. The van der Waals surface area contributed by atoms with Crippen molar-refractivity contribution in [1.29, 1.82) is 5.26 Å². The van der Waals surface area contributed by atoms with Crippen molar-refractivity contribution in [2.75, 3.05) is 36.0 Å². The Morgan fingerprint density at radius 1 is 1.12 bits per heavy atom. The molecule has 1 aliphatic heterocycles. The summed E-state index contributed by atoms with van der Waals surface area (Å²) < 4.78 is 1.77. The third-order valence-electron chi connectivity index (χ3n) is 4.12. The lowest BCUT2D eigenvalue weighted by atomic mass is 10.3. The van der Waals surface area contributed by atoms with Crippen molar-refractivity contribution in [3.63, 3.8) is 0 Å². The number of aryl methyl sites for hydroxylation is 1. The van der Waals surface area contributed by atoms with Gasteiger partial charge in [0.1, 0.15) is 12.1 Å². The summed E-state index contributed by atoms with van der Waals surface area (Å²) in [6.07, 6.45) is 5.64. The molecule has 0 N–H and O–H groups in total. The summed E-state index contributed by atoms with van der Waals surface area (Å²) in [4.78, 5) is 17.8. The Kier molecular flexibility index (Phi) is 3.96. The lowest BCUT2D eigenvalue weighted by molar-refractivity contribution is 0.641. The third-order valence-corrected chi connectivity index (χ3v) is 4.95. The highest BCUT2D eigenvalue weighted by atomic mass is 32.1. The quantitative estimate of drug-likeness (QED) is 0.711. The summed E-state index contributed by atoms with van der Waals surface area (Å²) in [5, 5.41) is 17.1. The zero-order valence-corrected chi connectivity index (χ0v) is 13.9. The molecular weight excluding hydrogens is 324 g/mol. The van der Waals surface area contributed by atoms with Gasteiger partial charge in [-0.25, -0.2) is 19.6 Å². The SMILES string of the molecule is N#CCCn1ncc2c(N3CCN(c4nccs4)CC3)ncnc21. The average Bonchev–Trinajstić information content (AvgIpc) is 3.30. The average molecular weight is 340 g/mol. The molecule has 1 fully saturated rings. The predicted octanol–water partition coefficient (Wildman–Crippen LogP) is 1.52. The minimum absolute atomic E-state index is 0.419. The number of nitriles is 1. The second-order valence-corrected chi connectivity index (χ2v) is 6.37. The van der Waals surface area contributed by atoms with Crippen molar-refractivity contribution < 1.29 is 0 Å². The molecule has 3 aromatic heterocycles. The van der Waals surface area contributed by atoms with Gasteiger partial charge in [-0.15, -0.1) is 11.3 Å². The van der Waals surface area contributed by atoms with Crippen LogP contribution in [0.25, 0.3) is 11.0 Å². The first-order chi connectivity index (χ1) is 11.9. The number of piperazine rings is 1. The molecule has 3 aromatic rings. The highest BCUT2D eigenvalue weighted by Crippen LogP contribution is 2.25. The lowest BCUT2D eigenvalue weighted by Gasteiger charge is -2.35. The maximum absolute atomic E-state index is 8.76. The smallest absolute Gasteiger partial charge is 0.185 e. The van der Waals surface area contributed by atoms with E-state index in [1.54, 1.807) is 28.5 Å². The first-order valence-electron chi connectivity index (χ1n) is 7.79. The van der Waals surface area contributed by atoms with Crippen LogP contribution >= 0.6 is 11.3 Å². The fraction of sp³-hybridized carbons (Fsp3) is 0.400. The molecule has 4 heterocycles. The van der Waals surface area contributed by atoms with E-state index >= 15 is 0 Å². The zero-order valence-electron chi connectivity index (χ0n) is 13.0. The summed E-state index contributed by atoms with van der Waals surface area (Å²) >= 11 is 1.67. The molecule has 24 heavy (non-hydrogen) atoms. The number of rotatable bonds is 4. The highest BCUT2D eigenvalue weighted by molar-refractivity contribution is 7.13. The lowest BCUT2D eigenvalue weighted by Crippen LogP contribution is -2.46. The third kappa shape index (κ3) is 2.65. The van der Waals surface area contributed by atoms with Crippen LogP contribution in [0.2, 0.25) is 0 Å². The van der Waals surface area contributed by atoms with Crippen LogP contribution < -0.4 is 9.80 Å². The normalized spacial score (nSPS) is 15.0. The second-order valence-electron chi connectivity index (χ2n) is 5.50. The topological polar surface area (TPSA) is 86.8 Å². The Bertz CT molecular complexity index is 857. The number of fused-ring (bicyclic) bond motifs is 1. The molecular formula is C15H16N8S. The van der Waals surface area contributed by atoms with Gasteiger partial charge < -0.3 is 9.80 Å². The minimum atomic E-state index is 0.419. The number of aromatic nitrogens is 5. The van der Waals surface area contributed by atoms with Crippen molar-refractivity contribution in [2.45, 2.75) is 13.0 Å². The maximum Gasteiger partial charge on any atom is 0.185 e. The van der Waals surface area contributed by atoms with Gasteiger partial charge in [-0.05, 0) is 0 Å².